The first kappa shape index (κ1) is 20.3. The Morgan fingerprint density at radius 3 is 2.37 bits per heavy atom. The van der Waals surface area contributed by atoms with Crippen molar-refractivity contribution in [1.29, 1.82) is 0 Å². The van der Waals surface area contributed by atoms with E-state index in [4.69, 9.17) is 25.9 Å². The molecule has 0 bridgehead atoms. The normalized spacial score (nSPS) is 10.3. The summed E-state index contributed by atoms with van der Waals surface area (Å²) in [5.74, 6) is -2.21. The fourth-order valence-corrected chi connectivity index (χ4v) is 2.51. The van der Waals surface area contributed by atoms with Crippen molar-refractivity contribution in [2.45, 2.75) is 13.8 Å². The molecule has 2 rings (SSSR count). The van der Waals surface area contributed by atoms with Crippen molar-refractivity contribution in [3.63, 3.8) is 0 Å². The number of ether oxygens (including phenoxy) is 1. The fraction of sp³-hybridized carbons (Fsp3) is 0.278. The lowest BCUT2D eigenvalue weighted by Gasteiger charge is -2.19. The van der Waals surface area contributed by atoms with Gasteiger partial charge in [-0.3, -0.25) is 9.59 Å². The van der Waals surface area contributed by atoms with Gasteiger partial charge in [0.25, 0.3) is 11.8 Å². The average Bonchev–Trinajstić information content (AvgIpc) is 3.12. The van der Waals surface area contributed by atoms with Gasteiger partial charge in [0.2, 0.25) is 5.76 Å². The summed E-state index contributed by atoms with van der Waals surface area (Å²) in [5, 5.41) is 11.6. The molecule has 0 atom stereocenters. The molecule has 2 N–H and O–H groups in total. The number of likely N-dealkylation sites (N-methyl/N-ethyl adjacent to an activating group) is 1. The summed E-state index contributed by atoms with van der Waals surface area (Å²) in [4.78, 5) is 36.5. The molecule has 1 aromatic carbocycles. The monoisotopic (exact) mass is 394 g/mol. The molecule has 9 heteroatoms. The van der Waals surface area contributed by atoms with E-state index in [0.717, 1.165) is 0 Å². The van der Waals surface area contributed by atoms with Crippen molar-refractivity contribution in [3.8, 4) is 5.75 Å². The molecule has 0 aliphatic heterocycles. The van der Waals surface area contributed by atoms with Gasteiger partial charge in [0.15, 0.2) is 12.4 Å². The van der Waals surface area contributed by atoms with Crippen molar-refractivity contribution in [3.05, 3.63) is 46.9 Å². The molecule has 0 radical (unpaired) electrons. The standard InChI is InChI=1S/C18H19ClN2O6/c1-3-21(4-2)16(22)10-26-13-6-5-11(9-12(13)19)20-17(23)14-7-8-15(27-14)18(24)25/h5-9H,3-4,10H2,1-2H3,(H,20,23)(H,24,25). The fourth-order valence-electron chi connectivity index (χ4n) is 2.27. The maximum atomic E-state index is 12.1. The zero-order valence-corrected chi connectivity index (χ0v) is 15.6. The summed E-state index contributed by atoms with van der Waals surface area (Å²) in [6.07, 6.45) is 0. The van der Waals surface area contributed by atoms with Crippen LogP contribution in [0.3, 0.4) is 0 Å². The molecule has 0 aliphatic carbocycles. The third-order valence-corrected chi connectivity index (χ3v) is 3.99. The molecule has 0 saturated heterocycles. The van der Waals surface area contributed by atoms with Gasteiger partial charge in [-0.2, -0.15) is 0 Å². The molecule has 0 saturated carbocycles. The molecule has 144 valence electrons. The molecule has 1 aromatic heterocycles. The van der Waals surface area contributed by atoms with Crippen LogP contribution in [0.4, 0.5) is 5.69 Å². The van der Waals surface area contributed by atoms with E-state index >= 15 is 0 Å². The zero-order chi connectivity index (χ0) is 20.0. The number of hydrogen-bond donors (Lipinski definition) is 2. The van der Waals surface area contributed by atoms with Gasteiger partial charge in [-0.05, 0) is 44.2 Å². The number of carbonyl (C=O) groups is 3. The number of nitrogens with one attached hydrogen (secondary N) is 1. The number of carbonyl (C=O) groups excluding carboxylic acids is 2. The first-order valence-corrected chi connectivity index (χ1v) is 8.58. The number of halogens is 1. The SMILES string of the molecule is CCN(CC)C(=O)COc1ccc(NC(=O)c2ccc(C(=O)O)o2)cc1Cl. The van der Waals surface area contributed by atoms with Gasteiger partial charge in [-0.1, -0.05) is 11.6 Å². The van der Waals surface area contributed by atoms with Crippen LogP contribution in [0.5, 0.6) is 5.75 Å². The van der Waals surface area contributed by atoms with E-state index < -0.39 is 11.9 Å². The summed E-state index contributed by atoms with van der Waals surface area (Å²) in [6, 6.07) is 6.98. The molecular formula is C18H19ClN2O6. The third kappa shape index (κ3) is 5.24. The van der Waals surface area contributed by atoms with Gasteiger partial charge in [0.1, 0.15) is 5.75 Å². The number of nitrogens with zero attached hydrogens (tertiary/aromatic N) is 1. The van der Waals surface area contributed by atoms with Crippen LogP contribution >= 0.6 is 11.6 Å². The number of rotatable bonds is 8. The van der Waals surface area contributed by atoms with E-state index in [1.54, 1.807) is 11.0 Å². The molecule has 0 fully saturated rings. The lowest BCUT2D eigenvalue weighted by molar-refractivity contribution is -0.132. The smallest absolute Gasteiger partial charge is 0.371 e. The maximum absolute atomic E-state index is 12.1. The minimum atomic E-state index is -1.27. The minimum absolute atomic E-state index is 0.141. The summed E-state index contributed by atoms with van der Waals surface area (Å²) >= 11 is 6.13. The summed E-state index contributed by atoms with van der Waals surface area (Å²) in [5.41, 5.74) is 0.362. The van der Waals surface area contributed by atoms with Crippen LogP contribution in [0.15, 0.2) is 34.7 Å². The summed E-state index contributed by atoms with van der Waals surface area (Å²) in [7, 11) is 0. The topological polar surface area (TPSA) is 109 Å². The average molecular weight is 395 g/mol. The van der Waals surface area contributed by atoms with Gasteiger partial charge in [-0.25, -0.2) is 4.79 Å². The zero-order valence-electron chi connectivity index (χ0n) is 14.8. The number of amides is 2. The molecular weight excluding hydrogens is 376 g/mol. The molecule has 8 nitrogen and oxygen atoms in total. The van der Waals surface area contributed by atoms with E-state index in [2.05, 4.69) is 5.32 Å². The molecule has 0 aliphatic rings. The summed E-state index contributed by atoms with van der Waals surface area (Å²) in [6.45, 7) is 4.80. The van der Waals surface area contributed by atoms with Crippen LogP contribution in [0.2, 0.25) is 5.02 Å². The highest BCUT2D eigenvalue weighted by Gasteiger charge is 2.16. The van der Waals surface area contributed by atoms with E-state index in [1.807, 2.05) is 13.8 Å². The minimum Gasteiger partial charge on any atom is -0.482 e. The number of benzene rings is 1. The van der Waals surface area contributed by atoms with Gasteiger partial charge >= 0.3 is 5.97 Å². The maximum Gasteiger partial charge on any atom is 0.371 e. The number of carboxylic acid groups (broad SMARTS) is 1. The van der Waals surface area contributed by atoms with Gasteiger partial charge in [0, 0.05) is 18.8 Å². The Morgan fingerprint density at radius 1 is 1.15 bits per heavy atom. The Hall–Kier alpha value is -3.00. The van der Waals surface area contributed by atoms with E-state index in [1.165, 1.54) is 24.3 Å². The van der Waals surface area contributed by atoms with E-state index in [0.29, 0.717) is 24.5 Å². The Bertz CT molecular complexity index is 844. The second-order valence-corrected chi connectivity index (χ2v) is 5.83. The van der Waals surface area contributed by atoms with Crippen molar-refractivity contribution in [1.82, 2.24) is 4.90 Å². The van der Waals surface area contributed by atoms with Crippen molar-refractivity contribution in [2.24, 2.45) is 0 Å². The van der Waals surface area contributed by atoms with Crippen molar-refractivity contribution < 1.29 is 28.6 Å². The Kier molecular flexibility index (Phi) is 6.84. The van der Waals surface area contributed by atoms with Crippen LogP contribution in [0, 0.1) is 0 Å². The molecule has 0 unspecified atom stereocenters. The Morgan fingerprint density at radius 2 is 1.81 bits per heavy atom. The molecule has 0 spiro atoms. The van der Waals surface area contributed by atoms with E-state index in [9.17, 15) is 14.4 Å². The first-order valence-electron chi connectivity index (χ1n) is 8.20. The summed E-state index contributed by atoms with van der Waals surface area (Å²) < 4.78 is 10.4. The highest BCUT2D eigenvalue weighted by atomic mass is 35.5. The van der Waals surface area contributed by atoms with Crippen LogP contribution in [0.25, 0.3) is 0 Å². The number of aromatic carboxylic acids is 1. The molecule has 27 heavy (non-hydrogen) atoms. The quantitative estimate of drug-likeness (QED) is 0.711. The van der Waals surface area contributed by atoms with Gasteiger partial charge < -0.3 is 24.5 Å². The predicted octanol–water partition coefficient (Wildman–Crippen LogP) is 3.13. The number of furan rings is 1. The second kappa shape index (κ2) is 9.09. The largest absolute Gasteiger partial charge is 0.482 e. The van der Waals surface area contributed by atoms with Crippen molar-refractivity contribution >= 4 is 35.1 Å². The molecule has 1 heterocycles. The Balaban J connectivity index is 2.00. The van der Waals surface area contributed by atoms with Crippen molar-refractivity contribution in [2.75, 3.05) is 25.0 Å². The lowest BCUT2D eigenvalue weighted by Crippen LogP contribution is -2.34. The number of hydrogen-bond acceptors (Lipinski definition) is 5. The third-order valence-electron chi connectivity index (χ3n) is 3.70. The number of carboxylic acids is 1. The predicted molar refractivity (Wildman–Crippen MR) is 98.5 cm³/mol. The van der Waals surface area contributed by atoms with Crippen LogP contribution in [-0.2, 0) is 4.79 Å². The highest BCUT2D eigenvalue weighted by Crippen LogP contribution is 2.28. The van der Waals surface area contributed by atoms with Gasteiger partial charge in [0.05, 0.1) is 5.02 Å². The number of anilines is 1. The molecule has 2 aromatic rings. The van der Waals surface area contributed by atoms with Crippen LogP contribution in [0.1, 0.15) is 35.0 Å². The van der Waals surface area contributed by atoms with Crippen LogP contribution < -0.4 is 10.1 Å². The first-order chi connectivity index (χ1) is 12.8. The molecule has 2 amide bonds. The van der Waals surface area contributed by atoms with Crippen LogP contribution in [-0.4, -0.2) is 47.5 Å². The highest BCUT2D eigenvalue weighted by molar-refractivity contribution is 6.32. The van der Waals surface area contributed by atoms with E-state index in [-0.39, 0.29) is 29.1 Å². The van der Waals surface area contributed by atoms with Gasteiger partial charge in [-0.15, -0.1) is 0 Å². The Labute approximate surface area is 160 Å². The lowest BCUT2D eigenvalue weighted by atomic mass is 10.3. The second-order valence-electron chi connectivity index (χ2n) is 5.42.